The molecule has 36 heavy (non-hydrogen) atoms. The molecule has 0 aromatic heterocycles. The van der Waals surface area contributed by atoms with Gasteiger partial charge in [-0.2, -0.15) is 0 Å². The van der Waals surface area contributed by atoms with E-state index in [2.05, 4.69) is 4.90 Å². The van der Waals surface area contributed by atoms with Gasteiger partial charge in [0, 0.05) is 43.4 Å². The van der Waals surface area contributed by atoms with Crippen LogP contribution in [0.3, 0.4) is 0 Å². The van der Waals surface area contributed by atoms with Crippen molar-refractivity contribution < 1.29 is 22.8 Å². The van der Waals surface area contributed by atoms with Gasteiger partial charge in [-0.1, -0.05) is 36.4 Å². The summed E-state index contributed by atoms with van der Waals surface area (Å²) in [5.74, 6) is 0.953. The maximum absolute atomic E-state index is 13.8. The summed E-state index contributed by atoms with van der Waals surface area (Å²) in [5, 5.41) is 11.4. The number of sulfonamides is 1. The molecule has 0 aliphatic carbocycles. The van der Waals surface area contributed by atoms with E-state index in [0.29, 0.717) is 55.2 Å². The van der Waals surface area contributed by atoms with Gasteiger partial charge in [-0.05, 0) is 37.1 Å². The second-order valence-electron chi connectivity index (χ2n) is 8.55. The molecule has 0 atom stereocenters. The van der Waals surface area contributed by atoms with Gasteiger partial charge in [0.05, 0.1) is 29.7 Å². The summed E-state index contributed by atoms with van der Waals surface area (Å²) in [6.45, 7) is 1.64. The number of anilines is 1. The molecule has 1 saturated heterocycles. The highest BCUT2D eigenvalue weighted by Gasteiger charge is 2.35. The van der Waals surface area contributed by atoms with E-state index < -0.39 is 10.0 Å². The summed E-state index contributed by atoms with van der Waals surface area (Å²) >= 11 is 0. The number of rotatable bonds is 9. The van der Waals surface area contributed by atoms with E-state index in [1.807, 2.05) is 0 Å². The van der Waals surface area contributed by atoms with Crippen LogP contribution in [0.5, 0.6) is 11.5 Å². The van der Waals surface area contributed by atoms with Gasteiger partial charge >= 0.3 is 0 Å². The molecule has 0 unspecified atom stereocenters. The summed E-state index contributed by atoms with van der Waals surface area (Å²) in [7, 11) is -0.820. The standard InChI is InChI=1S/C26H29N3O6S/c1-34-25-13-12-22(18-26(25)35-2)28(36(32,33)23-9-4-3-5-10-23)21-14-16-27(17-15-21)19-20-8-6-7-11-24(20)29(30)31/h3-13,18,21H,14-17,19H2,1-2H3. The topological polar surface area (TPSA) is 102 Å². The lowest BCUT2D eigenvalue weighted by Crippen LogP contribution is -2.47. The minimum Gasteiger partial charge on any atom is -0.493 e. The normalized spacial score (nSPS) is 14.8. The highest BCUT2D eigenvalue weighted by molar-refractivity contribution is 7.92. The highest BCUT2D eigenvalue weighted by Crippen LogP contribution is 2.37. The number of para-hydroxylation sites is 1. The molecule has 0 radical (unpaired) electrons. The molecule has 0 N–H and O–H groups in total. The van der Waals surface area contributed by atoms with Crippen LogP contribution in [-0.2, 0) is 16.6 Å². The number of methoxy groups -OCH3 is 2. The number of nitro groups is 1. The van der Waals surface area contributed by atoms with Gasteiger partial charge in [0.1, 0.15) is 0 Å². The first-order chi connectivity index (χ1) is 17.3. The first kappa shape index (κ1) is 25.5. The van der Waals surface area contributed by atoms with Crippen LogP contribution in [0.4, 0.5) is 11.4 Å². The number of nitro benzene ring substituents is 1. The van der Waals surface area contributed by atoms with E-state index in [9.17, 15) is 18.5 Å². The summed E-state index contributed by atoms with van der Waals surface area (Å²) in [5.41, 5.74) is 1.24. The third-order valence-electron chi connectivity index (χ3n) is 6.39. The Bertz CT molecular complexity index is 1310. The Morgan fingerprint density at radius 1 is 0.944 bits per heavy atom. The summed E-state index contributed by atoms with van der Waals surface area (Å²) < 4.78 is 39.9. The molecule has 1 heterocycles. The van der Waals surface area contributed by atoms with Crippen LogP contribution >= 0.6 is 0 Å². The quantitative estimate of drug-likeness (QED) is 0.308. The lowest BCUT2D eigenvalue weighted by atomic mass is 10.0. The largest absolute Gasteiger partial charge is 0.493 e. The van der Waals surface area contributed by atoms with Crippen molar-refractivity contribution in [2.24, 2.45) is 0 Å². The van der Waals surface area contributed by atoms with Crippen LogP contribution in [0, 0.1) is 10.1 Å². The molecule has 3 aromatic carbocycles. The van der Waals surface area contributed by atoms with E-state index in [0.717, 1.165) is 0 Å². The molecular weight excluding hydrogens is 482 g/mol. The van der Waals surface area contributed by atoms with Crippen LogP contribution in [0.2, 0.25) is 0 Å². The first-order valence-electron chi connectivity index (χ1n) is 11.6. The number of piperidine rings is 1. The zero-order valence-electron chi connectivity index (χ0n) is 20.2. The minimum atomic E-state index is -3.86. The fourth-order valence-electron chi connectivity index (χ4n) is 4.59. The average Bonchev–Trinajstić information content (AvgIpc) is 2.90. The highest BCUT2D eigenvalue weighted by atomic mass is 32.2. The summed E-state index contributed by atoms with van der Waals surface area (Å²) in [6.07, 6.45) is 1.14. The molecule has 0 saturated carbocycles. The van der Waals surface area contributed by atoms with Crippen molar-refractivity contribution in [2.75, 3.05) is 31.6 Å². The van der Waals surface area contributed by atoms with Crippen molar-refractivity contribution in [3.05, 3.63) is 88.5 Å². The minimum absolute atomic E-state index is 0.0956. The molecule has 1 aliphatic rings. The third kappa shape index (κ3) is 5.29. The van der Waals surface area contributed by atoms with Gasteiger partial charge < -0.3 is 9.47 Å². The van der Waals surface area contributed by atoms with E-state index >= 15 is 0 Å². The monoisotopic (exact) mass is 511 g/mol. The fraction of sp³-hybridized carbons (Fsp3) is 0.308. The molecule has 3 aromatic rings. The Balaban J connectivity index is 1.62. The Morgan fingerprint density at radius 3 is 2.22 bits per heavy atom. The number of nitrogens with zero attached hydrogens (tertiary/aromatic N) is 3. The number of ether oxygens (including phenoxy) is 2. The molecule has 4 rings (SSSR count). The Labute approximate surface area is 211 Å². The number of hydrogen-bond acceptors (Lipinski definition) is 7. The van der Waals surface area contributed by atoms with Gasteiger partial charge in [-0.25, -0.2) is 8.42 Å². The van der Waals surface area contributed by atoms with Crippen molar-refractivity contribution in [3.8, 4) is 11.5 Å². The molecule has 1 fully saturated rings. The second-order valence-corrected chi connectivity index (χ2v) is 10.4. The molecule has 9 nitrogen and oxygen atoms in total. The fourth-order valence-corrected chi connectivity index (χ4v) is 6.31. The Kier molecular flexibility index (Phi) is 7.76. The maximum atomic E-state index is 13.8. The number of hydrogen-bond donors (Lipinski definition) is 0. The predicted molar refractivity (Wildman–Crippen MR) is 137 cm³/mol. The number of likely N-dealkylation sites (tertiary alicyclic amines) is 1. The van der Waals surface area contributed by atoms with Crippen LogP contribution in [0.15, 0.2) is 77.7 Å². The predicted octanol–water partition coefficient (Wildman–Crippen LogP) is 4.47. The van der Waals surface area contributed by atoms with E-state index in [1.54, 1.807) is 66.7 Å². The van der Waals surface area contributed by atoms with Crippen molar-refractivity contribution in [1.29, 1.82) is 0 Å². The average molecular weight is 512 g/mol. The van der Waals surface area contributed by atoms with Crippen molar-refractivity contribution >= 4 is 21.4 Å². The SMILES string of the molecule is COc1ccc(N(C2CCN(Cc3ccccc3[N+](=O)[O-])CC2)S(=O)(=O)c2ccccc2)cc1OC. The van der Waals surface area contributed by atoms with Crippen molar-refractivity contribution in [2.45, 2.75) is 30.3 Å². The van der Waals surface area contributed by atoms with Gasteiger partial charge in [0.2, 0.25) is 0 Å². The molecule has 0 amide bonds. The van der Waals surface area contributed by atoms with E-state index in [-0.39, 0.29) is 21.5 Å². The molecule has 0 bridgehead atoms. The first-order valence-corrected chi connectivity index (χ1v) is 13.1. The zero-order chi connectivity index (χ0) is 25.7. The zero-order valence-corrected chi connectivity index (χ0v) is 21.1. The lowest BCUT2D eigenvalue weighted by Gasteiger charge is -2.39. The molecule has 0 spiro atoms. The van der Waals surface area contributed by atoms with Crippen LogP contribution in [0.25, 0.3) is 0 Å². The van der Waals surface area contributed by atoms with Gasteiger partial charge in [-0.15, -0.1) is 0 Å². The Morgan fingerprint density at radius 2 is 1.58 bits per heavy atom. The van der Waals surface area contributed by atoms with E-state index in [1.165, 1.54) is 24.6 Å². The molecule has 1 aliphatic heterocycles. The maximum Gasteiger partial charge on any atom is 0.273 e. The lowest BCUT2D eigenvalue weighted by molar-refractivity contribution is -0.385. The van der Waals surface area contributed by atoms with Crippen molar-refractivity contribution in [3.63, 3.8) is 0 Å². The number of benzene rings is 3. The van der Waals surface area contributed by atoms with Crippen molar-refractivity contribution in [1.82, 2.24) is 4.90 Å². The van der Waals surface area contributed by atoms with E-state index in [4.69, 9.17) is 9.47 Å². The molecule has 10 heteroatoms. The van der Waals surface area contributed by atoms with Gasteiger partial charge in [-0.3, -0.25) is 19.3 Å². The van der Waals surface area contributed by atoms with Crippen LogP contribution in [0.1, 0.15) is 18.4 Å². The molecular formula is C26H29N3O6S. The smallest absolute Gasteiger partial charge is 0.273 e. The van der Waals surface area contributed by atoms with Gasteiger partial charge in [0.15, 0.2) is 11.5 Å². The molecule has 190 valence electrons. The van der Waals surface area contributed by atoms with Crippen LogP contribution < -0.4 is 13.8 Å². The summed E-state index contributed by atoms with van der Waals surface area (Å²) in [6, 6.07) is 19.9. The Hall–Kier alpha value is -3.63. The van der Waals surface area contributed by atoms with Crippen LogP contribution in [-0.4, -0.2) is 51.6 Å². The second kappa shape index (κ2) is 11.0. The third-order valence-corrected chi connectivity index (χ3v) is 8.29. The van der Waals surface area contributed by atoms with Gasteiger partial charge in [0.25, 0.3) is 15.7 Å². The summed E-state index contributed by atoms with van der Waals surface area (Å²) in [4.78, 5) is 13.4.